The maximum absolute atomic E-state index is 12.4. The maximum Gasteiger partial charge on any atom is 0.328 e. The minimum Gasteiger partial charge on any atom is -0.478 e. The van der Waals surface area contributed by atoms with E-state index in [1.165, 1.54) is 48.5 Å². The molecule has 0 aromatic heterocycles. The molecule has 0 fully saturated rings. The Hall–Kier alpha value is -2.69. The predicted octanol–water partition coefficient (Wildman–Crippen LogP) is 1.23. The summed E-state index contributed by atoms with van der Waals surface area (Å²) in [7, 11) is -7.80. The van der Waals surface area contributed by atoms with Crippen LogP contribution >= 0.6 is 0 Å². The fraction of sp³-hybridized carbons (Fsp3) is 0. The van der Waals surface area contributed by atoms with E-state index in [4.69, 9.17) is 10.2 Å². The van der Waals surface area contributed by atoms with Crippen molar-refractivity contribution in [3.05, 3.63) is 60.2 Å². The normalized spacial score (nSPS) is 12.2. The molecule has 8 nitrogen and oxygen atoms in total. The van der Waals surface area contributed by atoms with E-state index in [2.05, 4.69) is 4.72 Å². The second-order valence-electron chi connectivity index (χ2n) is 4.92. The molecule has 0 amide bonds. The Bertz CT molecular complexity index is 1030. The summed E-state index contributed by atoms with van der Waals surface area (Å²) in [6.07, 6.45) is 2.16. The molecular weight excluding hydrogens is 368 g/mol. The molecular formula is C15H14N2O6S2. The molecule has 0 aliphatic carbocycles. The summed E-state index contributed by atoms with van der Waals surface area (Å²) in [5, 5.41) is 13.6. The zero-order chi connectivity index (χ0) is 18.7. The van der Waals surface area contributed by atoms with Crippen molar-refractivity contribution in [3.8, 4) is 0 Å². The van der Waals surface area contributed by atoms with E-state index in [-0.39, 0.29) is 15.5 Å². The Balaban J connectivity index is 2.27. The van der Waals surface area contributed by atoms with E-state index < -0.39 is 26.0 Å². The first-order chi connectivity index (χ1) is 11.6. The number of nitrogens with one attached hydrogen (secondary N) is 1. The first-order valence-electron chi connectivity index (χ1n) is 6.75. The molecule has 0 saturated heterocycles. The second-order valence-corrected chi connectivity index (χ2v) is 8.16. The van der Waals surface area contributed by atoms with E-state index in [1.54, 1.807) is 6.07 Å². The van der Waals surface area contributed by atoms with Crippen LogP contribution in [0.25, 0.3) is 6.08 Å². The number of benzene rings is 2. The van der Waals surface area contributed by atoms with E-state index in [0.717, 1.165) is 6.08 Å². The van der Waals surface area contributed by atoms with Crippen molar-refractivity contribution in [2.24, 2.45) is 5.14 Å². The van der Waals surface area contributed by atoms with Gasteiger partial charge in [0.15, 0.2) is 0 Å². The summed E-state index contributed by atoms with van der Waals surface area (Å²) in [5.74, 6) is -1.15. The molecule has 0 atom stereocenters. The van der Waals surface area contributed by atoms with Crippen LogP contribution in [0.15, 0.2) is 64.4 Å². The van der Waals surface area contributed by atoms with Crippen molar-refractivity contribution in [2.45, 2.75) is 9.79 Å². The number of carboxylic acids is 1. The predicted molar refractivity (Wildman–Crippen MR) is 91.7 cm³/mol. The van der Waals surface area contributed by atoms with Crippen LogP contribution < -0.4 is 9.86 Å². The molecule has 132 valence electrons. The lowest BCUT2D eigenvalue weighted by Crippen LogP contribution is -2.14. The molecule has 0 aliphatic heterocycles. The van der Waals surface area contributed by atoms with E-state index in [9.17, 15) is 21.6 Å². The highest BCUT2D eigenvalue weighted by Gasteiger charge is 2.15. The van der Waals surface area contributed by atoms with Gasteiger partial charge in [-0.2, -0.15) is 0 Å². The fourth-order valence-electron chi connectivity index (χ4n) is 1.88. The summed E-state index contributed by atoms with van der Waals surface area (Å²) in [6, 6.07) is 10.6. The number of primary sulfonamides is 1. The lowest BCUT2D eigenvalue weighted by molar-refractivity contribution is -0.131. The number of hydrogen-bond donors (Lipinski definition) is 3. The van der Waals surface area contributed by atoms with Crippen LogP contribution in [0.5, 0.6) is 0 Å². The number of nitrogens with two attached hydrogens (primary N) is 1. The van der Waals surface area contributed by atoms with Crippen molar-refractivity contribution in [1.82, 2.24) is 0 Å². The lowest BCUT2D eigenvalue weighted by atomic mass is 10.2. The van der Waals surface area contributed by atoms with E-state index in [1.807, 2.05) is 0 Å². The zero-order valence-electron chi connectivity index (χ0n) is 12.7. The molecule has 2 aromatic carbocycles. The number of hydrogen-bond acceptors (Lipinski definition) is 5. The Morgan fingerprint density at radius 1 is 1.00 bits per heavy atom. The Morgan fingerprint density at radius 3 is 2.20 bits per heavy atom. The number of aliphatic carboxylic acids is 1. The molecule has 10 heteroatoms. The smallest absolute Gasteiger partial charge is 0.328 e. The molecule has 0 saturated carbocycles. The molecule has 0 aliphatic rings. The summed E-state index contributed by atoms with van der Waals surface area (Å²) in [4.78, 5) is 10.3. The van der Waals surface area contributed by atoms with Crippen LogP contribution in [0.4, 0.5) is 5.69 Å². The molecule has 2 aromatic rings. The first kappa shape index (κ1) is 18.6. The average molecular weight is 382 g/mol. The first-order valence-corrected chi connectivity index (χ1v) is 9.78. The Kier molecular flexibility index (Phi) is 5.26. The highest BCUT2D eigenvalue weighted by molar-refractivity contribution is 7.92. The van der Waals surface area contributed by atoms with E-state index in [0.29, 0.717) is 5.56 Å². The van der Waals surface area contributed by atoms with Crippen molar-refractivity contribution >= 4 is 37.8 Å². The third kappa shape index (κ3) is 5.14. The van der Waals surface area contributed by atoms with Crippen LogP contribution in [-0.2, 0) is 24.8 Å². The minimum atomic E-state index is -3.93. The SMILES string of the molecule is NS(=O)(=O)c1ccc(NS(=O)(=O)c2cccc(/C=C/C(=O)O)c2)cc1. The van der Waals surface area contributed by atoms with Crippen molar-refractivity contribution in [1.29, 1.82) is 0 Å². The van der Waals surface area contributed by atoms with Gasteiger partial charge in [-0.25, -0.2) is 26.8 Å². The number of sulfonamides is 2. The van der Waals surface area contributed by atoms with Gasteiger partial charge in [0, 0.05) is 11.8 Å². The minimum absolute atomic E-state index is 0.0736. The summed E-state index contributed by atoms with van der Waals surface area (Å²) >= 11 is 0. The molecule has 4 N–H and O–H groups in total. The Labute approximate surface area is 144 Å². The molecule has 0 unspecified atom stereocenters. The summed E-state index contributed by atoms with van der Waals surface area (Å²) in [6.45, 7) is 0. The average Bonchev–Trinajstić information content (AvgIpc) is 2.52. The summed E-state index contributed by atoms with van der Waals surface area (Å²) < 4.78 is 49.4. The van der Waals surface area contributed by atoms with Gasteiger partial charge in [-0.05, 0) is 48.0 Å². The van der Waals surface area contributed by atoms with Crippen molar-refractivity contribution in [3.63, 3.8) is 0 Å². The number of rotatable bonds is 6. The molecule has 25 heavy (non-hydrogen) atoms. The van der Waals surface area contributed by atoms with Gasteiger partial charge in [-0.15, -0.1) is 0 Å². The van der Waals surface area contributed by atoms with Crippen molar-refractivity contribution in [2.75, 3.05) is 4.72 Å². The molecule has 0 radical (unpaired) electrons. The third-order valence-corrected chi connectivity index (χ3v) is 5.33. The van der Waals surface area contributed by atoms with Crippen LogP contribution in [-0.4, -0.2) is 27.9 Å². The van der Waals surface area contributed by atoms with Crippen LogP contribution in [0, 0.1) is 0 Å². The van der Waals surface area contributed by atoms with Gasteiger partial charge >= 0.3 is 5.97 Å². The van der Waals surface area contributed by atoms with Crippen LogP contribution in [0.1, 0.15) is 5.56 Å². The molecule has 2 rings (SSSR count). The highest BCUT2D eigenvalue weighted by Crippen LogP contribution is 2.19. The number of carboxylic acid groups (broad SMARTS) is 1. The number of anilines is 1. The lowest BCUT2D eigenvalue weighted by Gasteiger charge is -2.09. The quantitative estimate of drug-likeness (QED) is 0.641. The van der Waals surface area contributed by atoms with Gasteiger partial charge in [0.25, 0.3) is 10.0 Å². The van der Waals surface area contributed by atoms with Gasteiger partial charge in [0.05, 0.1) is 9.79 Å². The van der Waals surface area contributed by atoms with Crippen LogP contribution in [0.3, 0.4) is 0 Å². The molecule has 0 bridgehead atoms. The van der Waals surface area contributed by atoms with Gasteiger partial charge in [0.2, 0.25) is 10.0 Å². The van der Waals surface area contributed by atoms with Gasteiger partial charge in [-0.1, -0.05) is 12.1 Å². The largest absolute Gasteiger partial charge is 0.478 e. The van der Waals surface area contributed by atoms with E-state index >= 15 is 0 Å². The standard InChI is InChI=1S/C15H14N2O6S2/c16-24(20,21)13-7-5-12(6-8-13)17-25(22,23)14-3-1-2-11(10-14)4-9-15(18)19/h1-10,17H,(H,18,19)(H2,16,20,21)/b9-4+. The topological polar surface area (TPSA) is 144 Å². The van der Waals surface area contributed by atoms with Crippen molar-refractivity contribution < 1.29 is 26.7 Å². The second kappa shape index (κ2) is 7.05. The maximum atomic E-state index is 12.4. The molecule has 0 heterocycles. The Morgan fingerprint density at radius 2 is 1.64 bits per heavy atom. The van der Waals surface area contributed by atoms with Gasteiger partial charge in [-0.3, -0.25) is 4.72 Å². The zero-order valence-corrected chi connectivity index (χ0v) is 14.3. The monoisotopic (exact) mass is 382 g/mol. The fourth-order valence-corrected chi connectivity index (χ4v) is 3.51. The number of carbonyl (C=O) groups is 1. The highest BCUT2D eigenvalue weighted by atomic mass is 32.2. The van der Waals surface area contributed by atoms with Crippen LogP contribution in [0.2, 0.25) is 0 Å². The molecule has 0 spiro atoms. The van der Waals surface area contributed by atoms with Gasteiger partial charge in [0.1, 0.15) is 0 Å². The third-order valence-electron chi connectivity index (χ3n) is 3.02. The summed E-state index contributed by atoms with van der Waals surface area (Å²) in [5.41, 5.74) is 0.550. The van der Waals surface area contributed by atoms with Gasteiger partial charge < -0.3 is 5.11 Å².